The van der Waals surface area contributed by atoms with Crippen molar-refractivity contribution < 1.29 is 9.47 Å². The quantitative estimate of drug-likeness (QED) is 0.606. The Labute approximate surface area is 116 Å². The van der Waals surface area contributed by atoms with Crippen LogP contribution >= 0.6 is 0 Å². The van der Waals surface area contributed by atoms with E-state index in [0.717, 1.165) is 36.3 Å². The van der Waals surface area contributed by atoms with E-state index < -0.39 is 0 Å². The van der Waals surface area contributed by atoms with Crippen molar-refractivity contribution in [1.29, 1.82) is 0 Å². The van der Waals surface area contributed by atoms with Crippen molar-refractivity contribution in [2.24, 2.45) is 5.73 Å². The lowest BCUT2D eigenvalue weighted by Crippen LogP contribution is -2.08. The number of nitrogens with two attached hydrogens (primary N) is 1. The van der Waals surface area contributed by atoms with E-state index in [1.807, 2.05) is 25.1 Å². The van der Waals surface area contributed by atoms with Gasteiger partial charge in [0, 0.05) is 6.61 Å². The van der Waals surface area contributed by atoms with Gasteiger partial charge in [0.2, 0.25) is 0 Å². The van der Waals surface area contributed by atoms with Gasteiger partial charge in [0.1, 0.15) is 12.4 Å². The molecule has 3 nitrogen and oxygen atoms in total. The first-order valence-electron chi connectivity index (χ1n) is 6.78. The van der Waals surface area contributed by atoms with Crippen LogP contribution in [0.5, 0.6) is 5.75 Å². The number of unbranched alkanes of at least 4 members (excludes halogenated alkanes) is 1. The van der Waals surface area contributed by atoms with Gasteiger partial charge in [-0.25, -0.2) is 0 Å². The molecule has 3 heteroatoms. The van der Waals surface area contributed by atoms with Gasteiger partial charge in [-0.15, -0.1) is 0 Å². The van der Waals surface area contributed by atoms with Crippen LogP contribution < -0.4 is 10.5 Å². The Bertz CT molecular complexity index is 432. The van der Waals surface area contributed by atoms with Crippen LogP contribution in [0, 0.1) is 18.8 Å². The molecule has 0 atom stereocenters. The van der Waals surface area contributed by atoms with Crippen molar-refractivity contribution in [2.75, 3.05) is 26.4 Å². The summed E-state index contributed by atoms with van der Waals surface area (Å²) >= 11 is 0. The second-order valence-corrected chi connectivity index (χ2v) is 4.32. The van der Waals surface area contributed by atoms with Gasteiger partial charge in [-0.05, 0) is 31.0 Å². The third kappa shape index (κ3) is 6.28. The molecule has 104 valence electrons. The average Bonchev–Trinajstić information content (AvgIpc) is 2.42. The fourth-order valence-corrected chi connectivity index (χ4v) is 1.57. The molecule has 0 aliphatic rings. The van der Waals surface area contributed by atoms with Gasteiger partial charge in [-0.3, -0.25) is 0 Å². The van der Waals surface area contributed by atoms with Crippen LogP contribution in [-0.4, -0.2) is 26.4 Å². The van der Waals surface area contributed by atoms with Crippen LogP contribution in [-0.2, 0) is 4.74 Å². The minimum Gasteiger partial charge on any atom is -0.490 e. The third-order valence-corrected chi connectivity index (χ3v) is 2.59. The molecule has 0 aliphatic heterocycles. The summed E-state index contributed by atoms with van der Waals surface area (Å²) in [6.45, 7) is 6.49. The Morgan fingerprint density at radius 3 is 2.79 bits per heavy atom. The SMILES string of the molecule is CCCCOCCOc1ccc(C)cc1C#CCN. The maximum atomic E-state index is 5.70. The van der Waals surface area contributed by atoms with Gasteiger partial charge in [0.25, 0.3) is 0 Å². The van der Waals surface area contributed by atoms with E-state index in [2.05, 4.69) is 18.8 Å². The van der Waals surface area contributed by atoms with Crippen molar-refractivity contribution in [3.8, 4) is 17.6 Å². The Balaban J connectivity index is 2.48. The molecule has 0 saturated heterocycles. The lowest BCUT2D eigenvalue weighted by molar-refractivity contribution is 0.0980. The number of rotatable bonds is 7. The van der Waals surface area contributed by atoms with E-state index in [-0.39, 0.29) is 0 Å². The van der Waals surface area contributed by atoms with Gasteiger partial charge >= 0.3 is 0 Å². The van der Waals surface area contributed by atoms with Crippen LogP contribution in [0.3, 0.4) is 0 Å². The first-order valence-corrected chi connectivity index (χ1v) is 6.78. The van der Waals surface area contributed by atoms with Crippen molar-refractivity contribution in [3.05, 3.63) is 29.3 Å². The molecule has 0 bridgehead atoms. The Morgan fingerprint density at radius 1 is 1.21 bits per heavy atom. The van der Waals surface area contributed by atoms with E-state index in [9.17, 15) is 0 Å². The Morgan fingerprint density at radius 2 is 2.05 bits per heavy atom. The summed E-state index contributed by atoms with van der Waals surface area (Å²) in [6, 6.07) is 5.97. The highest BCUT2D eigenvalue weighted by Crippen LogP contribution is 2.18. The van der Waals surface area contributed by atoms with Gasteiger partial charge in [0.05, 0.1) is 18.7 Å². The fourth-order valence-electron chi connectivity index (χ4n) is 1.57. The van der Waals surface area contributed by atoms with E-state index in [4.69, 9.17) is 15.2 Å². The highest BCUT2D eigenvalue weighted by Gasteiger charge is 2.01. The van der Waals surface area contributed by atoms with E-state index in [0.29, 0.717) is 19.8 Å². The molecular weight excluding hydrogens is 238 g/mol. The van der Waals surface area contributed by atoms with Gasteiger partial charge in [0.15, 0.2) is 0 Å². The minimum atomic E-state index is 0.355. The summed E-state index contributed by atoms with van der Waals surface area (Å²) in [5.74, 6) is 6.69. The molecule has 0 aliphatic carbocycles. The molecule has 0 fully saturated rings. The van der Waals surface area contributed by atoms with Crippen LogP contribution in [0.1, 0.15) is 30.9 Å². The molecule has 0 heterocycles. The van der Waals surface area contributed by atoms with E-state index in [1.54, 1.807) is 0 Å². The van der Waals surface area contributed by atoms with Gasteiger partial charge in [-0.2, -0.15) is 0 Å². The Kier molecular flexibility index (Phi) is 7.72. The highest BCUT2D eigenvalue weighted by molar-refractivity contribution is 5.48. The molecular formula is C16H23NO2. The first kappa shape index (κ1) is 15.6. The average molecular weight is 261 g/mol. The number of ether oxygens (including phenoxy) is 2. The number of hydrogen-bond donors (Lipinski definition) is 1. The molecule has 0 aromatic heterocycles. The predicted octanol–water partition coefficient (Wildman–Crippen LogP) is 2.50. The first-order chi connectivity index (χ1) is 9.27. The van der Waals surface area contributed by atoms with Gasteiger partial charge in [-0.1, -0.05) is 31.3 Å². The van der Waals surface area contributed by atoms with Crippen LogP contribution in [0.15, 0.2) is 18.2 Å². The summed E-state index contributed by atoms with van der Waals surface area (Å²) in [4.78, 5) is 0. The standard InChI is InChI=1S/C16H23NO2/c1-3-4-10-18-11-12-19-16-8-7-14(2)13-15(16)6-5-9-17/h7-8,13H,3-4,9-12,17H2,1-2H3. The molecule has 0 amide bonds. The van der Waals surface area contributed by atoms with E-state index >= 15 is 0 Å². The normalized spacial score (nSPS) is 9.84. The molecule has 1 rings (SSSR count). The largest absolute Gasteiger partial charge is 0.490 e. The molecule has 0 spiro atoms. The summed E-state index contributed by atoms with van der Waals surface area (Å²) in [5.41, 5.74) is 7.45. The molecule has 0 saturated carbocycles. The zero-order valence-corrected chi connectivity index (χ0v) is 11.9. The zero-order valence-electron chi connectivity index (χ0n) is 11.9. The minimum absolute atomic E-state index is 0.355. The maximum absolute atomic E-state index is 5.70. The lowest BCUT2D eigenvalue weighted by atomic mass is 10.1. The molecule has 2 N–H and O–H groups in total. The molecule has 1 aromatic rings. The number of hydrogen-bond acceptors (Lipinski definition) is 3. The number of aryl methyl sites for hydroxylation is 1. The predicted molar refractivity (Wildman–Crippen MR) is 78.3 cm³/mol. The number of benzene rings is 1. The lowest BCUT2D eigenvalue weighted by Gasteiger charge is -2.09. The van der Waals surface area contributed by atoms with Crippen molar-refractivity contribution in [3.63, 3.8) is 0 Å². The van der Waals surface area contributed by atoms with Gasteiger partial charge < -0.3 is 15.2 Å². The smallest absolute Gasteiger partial charge is 0.135 e. The van der Waals surface area contributed by atoms with Crippen LogP contribution in [0.25, 0.3) is 0 Å². The topological polar surface area (TPSA) is 44.5 Å². The van der Waals surface area contributed by atoms with Crippen molar-refractivity contribution >= 4 is 0 Å². The molecule has 1 aromatic carbocycles. The molecule has 0 radical (unpaired) electrons. The molecule has 0 unspecified atom stereocenters. The highest BCUT2D eigenvalue weighted by atomic mass is 16.5. The summed E-state index contributed by atoms with van der Waals surface area (Å²) in [7, 11) is 0. The van der Waals surface area contributed by atoms with E-state index in [1.165, 1.54) is 0 Å². The second-order valence-electron chi connectivity index (χ2n) is 4.32. The summed E-state index contributed by atoms with van der Waals surface area (Å²) < 4.78 is 11.2. The fraction of sp³-hybridized carbons (Fsp3) is 0.500. The van der Waals surface area contributed by atoms with Crippen molar-refractivity contribution in [2.45, 2.75) is 26.7 Å². The summed E-state index contributed by atoms with van der Waals surface area (Å²) in [5, 5.41) is 0. The maximum Gasteiger partial charge on any atom is 0.135 e. The Hall–Kier alpha value is -1.50. The molecule has 19 heavy (non-hydrogen) atoms. The third-order valence-electron chi connectivity index (χ3n) is 2.59. The van der Waals surface area contributed by atoms with Crippen LogP contribution in [0.2, 0.25) is 0 Å². The monoisotopic (exact) mass is 261 g/mol. The van der Waals surface area contributed by atoms with Crippen molar-refractivity contribution in [1.82, 2.24) is 0 Å². The second kappa shape index (κ2) is 9.43. The zero-order chi connectivity index (χ0) is 13.9. The summed E-state index contributed by atoms with van der Waals surface area (Å²) in [6.07, 6.45) is 2.25. The van der Waals surface area contributed by atoms with Crippen LogP contribution in [0.4, 0.5) is 0 Å².